The zero-order chi connectivity index (χ0) is 28.9. The number of piperidine rings is 2. The van der Waals surface area contributed by atoms with Crippen LogP contribution >= 0.6 is 11.3 Å². The second-order valence-electron chi connectivity index (χ2n) is 10.2. The van der Waals surface area contributed by atoms with Crippen LogP contribution in [-0.2, 0) is 0 Å². The number of nitrogens with zero attached hydrogens (tertiary/aromatic N) is 6. The van der Waals surface area contributed by atoms with E-state index in [1.54, 1.807) is 23.2 Å². The molecular formula is C27H32F2N8O3S. The van der Waals surface area contributed by atoms with Crippen molar-refractivity contribution >= 4 is 34.5 Å². The second-order valence-corrected chi connectivity index (χ2v) is 11.2. The maximum absolute atomic E-state index is 15.0. The van der Waals surface area contributed by atoms with Crippen LogP contribution in [0.4, 0.5) is 29.4 Å². The van der Waals surface area contributed by atoms with Gasteiger partial charge in [-0.2, -0.15) is 4.98 Å². The van der Waals surface area contributed by atoms with Crippen molar-refractivity contribution in [2.75, 3.05) is 50.5 Å². The summed E-state index contributed by atoms with van der Waals surface area (Å²) in [6.07, 6.45) is 3.04. The number of hydrogen-bond acceptors (Lipinski definition) is 9. The molecule has 1 aromatic carbocycles. The molecule has 3 aromatic rings. The second kappa shape index (κ2) is 12.7. The van der Waals surface area contributed by atoms with Gasteiger partial charge in [0, 0.05) is 44.6 Å². The van der Waals surface area contributed by atoms with Gasteiger partial charge in [0.15, 0.2) is 5.13 Å². The van der Waals surface area contributed by atoms with Gasteiger partial charge in [0.1, 0.15) is 12.0 Å². The Balaban J connectivity index is 1.18. The molecule has 2 aliphatic heterocycles. The number of carbonyl (C=O) groups is 2. The van der Waals surface area contributed by atoms with Crippen LogP contribution in [0.25, 0.3) is 10.4 Å². The van der Waals surface area contributed by atoms with Crippen molar-refractivity contribution in [1.82, 2.24) is 30.1 Å². The molecule has 14 heteroatoms. The minimum absolute atomic E-state index is 0.0448. The fourth-order valence-corrected chi connectivity index (χ4v) is 5.68. The van der Waals surface area contributed by atoms with Crippen LogP contribution in [0.5, 0.6) is 5.88 Å². The molecule has 218 valence electrons. The van der Waals surface area contributed by atoms with E-state index in [1.807, 2.05) is 7.05 Å². The number of rotatable bonds is 6. The van der Waals surface area contributed by atoms with E-state index in [-0.39, 0.29) is 36.7 Å². The monoisotopic (exact) mass is 586 g/mol. The standard InChI is InChI=1S/C27H32F2N8O3S/c1-35-11-7-19(8-12-35)32-27(39)40-23-6-10-30-24(33-23)37-13-9-20(29)21(16-37)36(2)26(38)34-25-31-15-22(41-25)17-4-3-5-18(28)14-17/h3-6,10,14-15,19-21H,7-9,11-13,16H2,1-2H3,(H,32,39)(H,31,34,38)/t20-,21+/m1/s1. The quantitative estimate of drug-likeness (QED) is 0.446. The number of nitrogens with one attached hydrogen (secondary N) is 2. The lowest BCUT2D eigenvalue weighted by Gasteiger charge is -2.39. The van der Waals surface area contributed by atoms with Gasteiger partial charge in [-0.05, 0) is 57.1 Å². The molecule has 3 amide bonds. The summed E-state index contributed by atoms with van der Waals surface area (Å²) in [4.78, 5) is 44.2. The van der Waals surface area contributed by atoms with Crippen molar-refractivity contribution in [2.24, 2.45) is 0 Å². The Morgan fingerprint density at radius 2 is 1.95 bits per heavy atom. The molecular weight excluding hydrogens is 554 g/mol. The predicted molar refractivity (Wildman–Crippen MR) is 152 cm³/mol. The highest BCUT2D eigenvalue weighted by atomic mass is 32.1. The smallest absolute Gasteiger partial charge is 0.391 e. The number of likely N-dealkylation sites (tertiary alicyclic amines) is 1. The normalized spacial score (nSPS) is 20.0. The predicted octanol–water partition coefficient (Wildman–Crippen LogP) is 4.00. The minimum Gasteiger partial charge on any atom is -0.391 e. The maximum atomic E-state index is 15.0. The SMILES string of the molecule is CN1CCC(NC(=O)Oc2ccnc(N3CC[C@@H](F)[C@@H](N(C)C(=O)Nc4ncc(-c5cccc(F)c5)s4)C3)n2)CC1. The van der Waals surface area contributed by atoms with E-state index < -0.39 is 24.3 Å². The van der Waals surface area contributed by atoms with Crippen LogP contribution in [0.2, 0.25) is 0 Å². The molecule has 2 N–H and O–H groups in total. The summed E-state index contributed by atoms with van der Waals surface area (Å²) < 4.78 is 34.0. The first-order valence-corrected chi connectivity index (χ1v) is 14.2. The minimum atomic E-state index is -1.26. The van der Waals surface area contributed by atoms with Crippen LogP contribution in [0.3, 0.4) is 0 Å². The lowest BCUT2D eigenvalue weighted by atomic mass is 10.0. The molecule has 2 atom stereocenters. The van der Waals surface area contributed by atoms with Gasteiger partial charge in [0.2, 0.25) is 11.8 Å². The molecule has 0 bridgehead atoms. The summed E-state index contributed by atoms with van der Waals surface area (Å²) in [5.41, 5.74) is 0.647. The molecule has 2 aromatic heterocycles. The van der Waals surface area contributed by atoms with Crippen molar-refractivity contribution in [3.8, 4) is 16.3 Å². The van der Waals surface area contributed by atoms with Crippen molar-refractivity contribution in [3.05, 3.63) is 48.5 Å². The molecule has 2 fully saturated rings. The largest absolute Gasteiger partial charge is 0.414 e. The van der Waals surface area contributed by atoms with Gasteiger partial charge in [-0.25, -0.2) is 28.3 Å². The number of hydrogen-bond donors (Lipinski definition) is 2. The zero-order valence-electron chi connectivity index (χ0n) is 22.8. The fourth-order valence-electron chi connectivity index (χ4n) is 4.87. The molecule has 0 radical (unpaired) electrons. The summed E-state index contributed by atoms with van der Waals surface area (Å²) in [7, 11) is 3.56. The first-order chi connectivity index (χ1) is 19.7. The van der Waals surface area contributed by atoms with Crippen molar-refractivity contribution < 1.29 is 23.1 Å². The van der Waals surface area contributed by atoms with Crippen molar-refractivity contribution in [3.63, 3.8) is 0 Å². The van der Waals surface area contributed by atoms with Crippen LogP contribution in [-0.4, -0.2) is 95.4 Å². The van der Waals surface area contributed by atoms with Gasteiger partial charge in [-0.3, -0.25) is 5.32 Å². The topological polar surface area (TPSA) is 116 Å². The summed E-state index contributed by atoms with van der Waals surface area (Å²) in [6, 6.07) is 6.32. The third kappa shape index (κ3) is 7.24. The summed E-state index contributed by atoms with van der Waals surface area (Å²) in [5.74, 6) is -0.00247. The number of alkyl halides is 1. The Labute approximate surface area is 240 Å². The van der Waals surface area contributed by atoms with Gasteiger partial charge < -0.3 is 24.8 Å². The maximum Gasteiger partial charge on any atom is 0.414 e. The Bertz CT molecular complexity index is 1370. The average Bonchev–Trinajstić information content (AvgIpc) is 3.43. The Morgan fingerprint density at radius 3 is 2.73 bits per heavy atom. The zero-order valence-corrected chi connectivity index (χ0v) is 23.6. The molecule has 2 aliphatic rings. The molecule has 5 rings (SSSR count). The lowest BCUT2D eigenvalue weighted by Crippen LogP contribution is -2.55. The van der Waals surface area contributed by atoms with E-state index in [2.05, 4.69) is 30.5 Å². The van der Waals surface area contributed by atoms with Crippen LogP contribution < -0.4 is 20.3 Å². The summed E-state index contributed by atoms with van der Waals surface area (Å²) in [6.45, 7) is 2.28. The molecule has 41 heavy (non-hydrogen) atoms. The number of thiazole rings is 1. The molecule has 0 saturated carbocycles. The number of benzene rings is 1. The number of anilines is 2. The molecule has 0 spiro atoms. The van der Waals surface area contributed by atoms with Crippen LogP contribution in [0, 0.1) is 5.82 Å². The number of halogens is 2. The first-order valence-electron chi connectivity index (χ1n) is 13.4. The van der Waals surface area contributed by atoms with E-state index >= 15 is 4.39 Å². The van der Waals surface area contributed by atoms with E-state index in [9.17, 15) is 14.0 Å². The Morgan fingerprint density at radius 1 is 1.15 bits per heavy atom. The summed E-state index contributed by atoms with van der Waals surface area (Å²) >= 11 is 1.19. The molecule has 2 saturated heterocycles. The van der Waals surface area contributed by atoms with Crippen molar-refractivity contribution in [2.45, 2.75) is 37.5 Å². The van der Waals surface area contributed by atoms with Gasteiger partial charge in [0.25, 0.3) is 0 Å². The Kier molecular flexibility index (Phi) is 8.88. The highest BCUT2D eigenvalue weighted by molar-refractivity contribution is 7.19. The number of urea groups is 1. The number of ether oxygens (including phenoxy) is 1. The molecule has 4 heterocycles. The average molecular weight is 587 g/mol. The lowest BCUT2D eigenvalue weighted by molar-refractivity contribution is 0.133. The highest BCUT2D eigenvalue weighted by Gasteiger charge is 2.35. The number of aromatic nitrogens is 3. The number of amides is 3. The summed E-state index contributed by atoms with van der Waals surface area (Å²) in [5, 5.41) is 5.89. The van der Waals surface area contributed by atoms with Crippen molar-refractivity contribution in [1.29, 1.82) is 0 Å². The fraction of sp³-hybridized carbons (Fsp3) is 0.444. The molecule has 0 unspecified atom stereocenters. The van der Waals surface area contributed by atoms with Crippen LogP contribution in [0.1, 0.15) is 19.3 Å². The van der Waals surface area contributed by atoms with E-state index in [0.717, 1.165) is 25.9 Å². The van der Waals surface area contributed by atoms with Gasteiger partial charge in [-0.15, -0.1) is 0 Å². The first kappa shape index (κ1) is 28.6. The number of carbonyl (C=O) groups excluding carboxylic acids is 2. The molecule has 0 aliphatic carbocycles. The van der Waals surface area contributed by atoms with Gasteiger partial charge >= 0.3 is 12.1 Å². The van der Waals surface area contributed by atoms with E-state index in [0.29, 0.717) is 22.1 Å². The van der Waals surface area contributed by atoms with E-state index in [4.69, 9.17) is 4.74 Å². The molecule has 11 nitrogen and oxygen atoms in total. The Hall–Kier alpha value is -3.91. The number of likely N-dealkylation sites (N-methyl/N-ethyl adjacent to an activating group) is 1. The van der Waals surface area contributed by atoms with Crippen LogP contribution in [0.15, 0.2) is 42.7 Å². The van der Waals surface area contributed by atoms with E-state index in [1.165, 1.54) is 47.7 Å². The van der Waals surface area contributed by atoms with Gasteiger partial charge in [-0.1, -0.05) is 23.5 Å². The van der Waals surface area contributed by atoms with Gasteiger partial charge in [0.05, 0.1) is 10.9 Å². The third-order valence-electron chi connectivity index (χ3n) is 7.28. The highest BCUT2D eigenvalue weighted by Crippen LogP contribution is 2.30. The third-order valence-corrected chi connectivity index (χ3v) is 8.25.